The lowest BCUT2D eigenvalue weighted by Gasteiger charge is -2.12. The van der Waals surface area contributed by atoms with Crippen LogP contribution in [-0.4, -0.2) is 26.0 Å². The molecule has 0 spiro atoms. The van der Waals surface area contributed by atoms with E-state index in [1.165, 1.54) is 12.8 Å². The van der Waals surface area contributed by atoms with Crippen molar-refractivity contribution in [3.63, 3.8) is 0 Å². The molecule has 0 amide bonds. The second-order valence-electron chi connectivity index (χ2n) is 6.84. The fourth-order valence-electron chi connectivity index (χ4n) is 2.73. The van der Waals surface area contributed by atoms with Crippen molar-refractivity contribution in [3.05, 3.63) is 54.4 Å². The Labute approximate surface area is 153 Å². The average Bonchev–Trinajstić information content (AvgIpc) is 3.47. The van der Waals surface area contributed by atoms with Crippen LogP contribution in [0, 0.1) is 0 Å². The molecule has 0 saturated heterocycles. The molecule has 3 aromatic rings. The number of nitrogens with one attached hydrogen (secondary N) is 2. The number of hydrogen-bond donors (Lipinski definition) is 2. The Hall–Kier alpha value is -3.02. The van der Waals surface area contributed by atoms with Crippen LogP contribution in [0.2, 0.25) is 0 Å². The van der Waals surface area contributed by atoms with Gasteiger partial charge in [0.25, 0.3) is 0 Å². The van der Waals surface area contributed by atoms with Crippen molar-refractivity contribution >= 4 is 17.6 Å². The largest absolute Gasteiger partial charge is 0.352 e. The van der Waals surface area contributed by atoms with Crippen molar-refractivity contribution in [2.45, 2.75) is 38.6 Å². The van der Waals surface area contributed by atoms with E-state index in [4.69, 9.17) is 0 Å². The monoisotopic (exact) mass is 346 g/mol. The number of rotatable bonds is 6. The molecule has 2 heterocycles. The Bertz CT molecular complexity index is 890. The third-order valence-electron chi connectivity index (χ3n) is 4.12. The highest BCUT2D eigenvalue weighted by Gasteiger charge is 2.25. The quantitative estimate of drug-likeness (QED) is 0.690. The molecule has 0 atom stereocenters. The van der Waals surface area contributed by atoms with Crippen molar-refractivity contribution in [2.24, 2.45) is 0 Å². The first kappa shape index (κ1) is 16.4. The molecule has 6 nitrogen and oxygen atoms in total. The Morgan fingerprint density at radius 2 is 1.73 bits per heavy atom. The van der Waals surface area contributed by atoms with Gasteiger partial charge in [0, 0.05) is 35.1 Å². The highest BCUT2D eigenvalue weighted by Crippen LogP contribution is 2.39. The predicted octanol–water partition coefficient (Wildman–Crippen LogP) is 4.37. The van der Waals surface area contributed by atoms with Crippen LogP contribution in [0.5, 0.6) is 0 Å². The molecule has 26 heavy (non-hydrogen) atoms. The number of benzene rings is 1. The van der Waals surface area contributed by atoms with E-state index in [0.717, 1.165) is 16.9 Å². The first-order valence-corrected chi connectivity index (χ1v) is 8.98. The molecule has 0 aliphatic heterocycles. The second-order valence-corrected chi connectivity index (χ2v) is 6.84. The van der Waals surface area contributed by atoms with Crippen LogP contribution in [0.1, 0.15) is 38.3 Å². The van der Waals surface area contributed by atoms with Gasteiger partial charge in [-0.1, -0.05) is 30.3 Å². The number of nitrogens with zero attached hydrogens (tertiary/aromatic N) is 4. The van der Waals surface area contributed by atoms with Crippen molar-refractivity contribution in [1.82, 2.24) is 19.9 Å². The zero-order valence-electron chi connectivity index (χ0n) is 15.0. The Kier molecular flexibility index (Phi) is 4.48. The molecular weight excluding hydrogens is 324 g/mol. The molecule has 1 fully saturated rings. The van der Waals surface area contributed by atoms with E-state index >= 15 is 0 Å². The summed E-state index contributed by atoms with van der Waals surface area (Å²) in [6, 6.07) is 14.2. The first-order chi connectivity index (χ1) is 12.7. The summed E-state index contributed by atoms with van der Waals surface area (Å²) >= 11 is 0. The minimum absolute atomic E-state index is 0.233. The standard InChI is InChI=1S/C20H22N6/c1-13(2)22-19-24-18(15-6-4-3-5-7-15)25-20(26-19)23-16-10-11-21-17(12-16)14-8-9-14/h3-7,10-14H,8-9H2,1-2H3,(H2,21,22,23,24,25,26). The maximum atomic E-state index is 4.60. The van der Waals surface area contributed by atoms with Crippen LogP contribution in [0.4, 0.5) is 17.6 Å². The third kappa shape index (κ3) is 3.96. The number of hydrogen-bond acceptors (Lipinski definition) is 6. The molecule has 132 valence electrons. The summed E-state index contributed by atoms with van der Waals surface area (Å²) < 4.78 is 0. The molecule has 1 aromatic carbocycles. The van der Waals surface area contributed by atoms with Crippen molar-refractivity contribution < 1.29 is 0 Å². The molecule has 0 unspecified atom stereocenters. The molecular formula is C20H22N6. The summed E-state index contributed by atoms with van der Waals surface area (Å²) in [4.78, 5) is 18.1. The molecule has 1 saturated carbocycles. The Morgan fingerprint density at radius 3 is 2.46 bits per heavy atom. The molecule has 1 aliphatic carbocycles. The van der Waals surface area contributed by atoms with Crippen LogP contribution < -0.4 is 10.6 Å². The van der Waals surface area contributed by atoms with Gasteiger partial charge in [0.1, 0.15) is 0 Å². The van der Waals surface area contributed by atoms with Gasteiger partial charge < -0.3 is 10.6 Å². The third-order valence-corrected chi connectivity index (χ3v) is 4.12. The van der Waals surface area contributed by atoms with E-state index in [-0.39, 0.29) is 6.04 Å². The normalized spacial score (nSPS) is 13.7. The van der Waals surface area contributed by atoms with Crippen molar-refractivity contribution in [1.29, 1.82) is 0 Å². The second kappa shape index (κ2) is 7.07. The highest BCUT2D eigenvalue weighted by molar-refractivity contribution is 5.61. The van der Waals surface area contributed by atoms with E-state index in [1.807, 2.05) is 42.6 Å². The van der Waals surface area contributed by atoms with E-state index in [0.29, 0.717) is 23.6 Å². The summed E-state index contributed by atoms with van der Waals surface area (Å²) in [5.41, 5.74) is 3.04. The van der Waals surface area contributed by atoms with Gasteiger partial charge in [0.05, 0.1) is 0 Å². The number of pyridine rings is 1. The fourth-order valence-corrected chi connectivity index (χ4v) is 2.73. The lowest BCUT2D eigenvalue weighted by atomic mass is 10.2. The summed E-state index contributed by atoms with van der Waals surface area (Å²) in [5.74, 6) is 2.33. The van der Waals surface area contributed by atoms with Gasteiger partial charge in [0.15, 0.2) is 5.82 Å². The lowest BCUT2D eigenvalue weighted by Crippen LogP contribution is -2.14. The molecule has 1 aliphatic rings. The maximum absolute atomic E-state index is 4.60. The molecule has 0 radical (unpaired) electrons. The lowest BCUT2D eigenvalue weighted by molar-refractivity contribution is 0.869. The minimum Gasteiger partial charge on any atom is -0.352 e. The average molecular weight is 346 g/mol. The van der Waals surface area contributed by atoms with Gasteiger partial charge in [-0.15, -0.1) is 0 Å². The number of anilines is 3. The summed E-state index contributed by atoms with van der Waals surface area (Å²) in [6.45, 7) is 4.12. The zero-order valence-corrected chi connectivity index (χ0v) is 15.0. The van der Waals surface area contributed by atoms with Crippen LogP contribution in [0.25, 0.3) is 11.4 Å². The maximum Gasteiger partial charge on any atom is 0.232 e. The van der Waals surface area contributed by atoms with E-state index < -0.39 is 0 Å². The summed E-state index contributed by atoms with van der Waals surface area (Å²) in [7, 11) is 0. The SMILES string of the molecule is CC(C)Nc1nc(Nc2ccnc(C3CC3)c2)nc(-c2ccccc2)n1. The zero-order chi connectivity index (χ0) is 17.9. The minimum atomic E-state index is 0.233. The molecule has 2 aromatic heterocycles. The van der Waals surface area contributed by atoms with Crippen molar-refractivity contribution in [2.75, 3.05) is 10.6 Å². The fraction of sp³-hybridized carbons (Fsp3) is 0.300. The smallest absolute Gasteiger partial charge is 0.232 e. The Balaban J connectivity index is 1.66. The van der Waals surface area contributed by atoms with Crippen LogP contribution >= 0.6 is 0 Å². The van der Waals surface area contributed by atoms with E-state index in [9.17, 15) is 0 Å². The molecule has 2 N–H and O–H groups in total. The molecule has 0 bridgehead atoms. The van der Waals surface area contributed by atoms with E-state index in [2.05, 4.69) is 50.5 Å². The number of aromatic nitrogens is 4. The topological polar surface area (TPSA) is 75.6 Å². The van der Waals surface area contributed by atoms with Gasteiger partial charge >= 0.3 is 0 Å². The predicted molar refractivity (Wildman–Crippen MR) is 104 cm³/mol. The van der Waals surface area contributed by atoms with Gasteiger partial charge in [-0.2, -0.15) is 15.0 Å². The first-order valence-electron chi connectivity index (χ1n) is 8.98. The molecule has 4 rings (SSSR count). The molecule has 6 heteroatoms. The highest BCUT2D eigenvalue weighted by atomic mass is 15.2. The van der Waals surface area contributed by atoms with Gasteiger partial charge in [-0.25, -0.2) is 0 Å². The van der Waals surface area contributed by atoms with Gasteiger partial charge in [-0.3, -0.25) is 4.98 Å². The summed E-state index contributed by atoms with van der Waals surface area (Å²) in [6.07, 6.45) is 4.29. The van der Waals surface area contributed by atoms with Gasteiger partial charge in [-0.05, 0) is 38.8 Å². The van der Waals surface area contributed by atoms with E-state index in [1.54, 1.807) is 0 Å². The van der Waals surface area contributed by atoms with Gasteiger partial charge in [0.2, 0.25) is 11.9 Å². The van der Waals surface area contributed by atoms with Crippen molar-refractivity contribution in [3.8, 4) is 11.4 Å². The Morgan fingerprint density at radius 1 is 0.962 bits per heavy atom. The van der Waals surface area contributed by atoms with Crippen LogP contribution in [0.15, 0.2) is 48.7 Å². The van der Waals surface area contributed by atoms with Crippen LogP contribution in [-0.2, 0) is 0 Å². The summed E-state index contributed by atoms with van der Waals surface area (Å²) in [5, 5.41) is 6.57. The van der Waals surface area contributed by atoms with Crippen LogP contribution in [0.3, 0.4) is 0 Å².